The first kappa shape index (κ1) is 17.9. The van der Waals surface area contributed by atoms with Gasteiger partial charge in [-0.1, -0.05) is 11.3 Å². The number of esters is 2. The molecule has 0 fully saturated rings. The molecule has 24 heavy (non-hydrogen) atoms. The average Bonchev–Trinajstić information content (AvgIpc) is 2.97. The van der Waals surface area contributed by atoms with Crippen LogP contribution in [0.3, 0.4) is 0 Å². The van der Waals surface area contributed by atoms with Gasteiger partial charge >= 0.3 is 11.9 Å². The van der Waals surface area contributed by atoms with Crippen molar-refractivity contribution in [3.63, 3.8) is 0 Å². The standard InChI is InChI=1S/C16H18N2O5S/c1-4-22-14(19)11(15(20)23-5-2)9-17-16-18-12-7-6-10(21-3)8-13(12)24-16/h6-9,11H,4-5H2,1-3H3. The van der Waals surface area contributed by atoms with E-state index >= 15 is 0 Å². The van der Waals surface area contributed by atoms with Gasteiger partial charge in [0.15, 0.2) is 5.92 Å². The number of nitrogens with zero attached hydrogens (tertiary/aromatic N) is 2. The quantitative estimate of drug-likeness (QED) is 0.433. The number of hydrogen-bond acceptors (Lipinski definition) is 8. The molecule has 0 aliphatic heterocycles. The Kier molecular flexibility index (Phi) is 6.25. The molecule has 0 aliphatic rings. The van der Waals surface area contributed by atoms with Crippen LogP contribution in [0.1, 0.15) is 13.8 Å². The molecule has 0 amide bonds. The Bertz CT molecular complexity index is 738. The van der Waals surface area contributed by atoms with Crippen molar-refractivity contribution < 1.29 is 23.8 Å². The number of aromatic nitrogens is 1. The van der Waals surface area contributed by atoms with Crippen LogP contribution in [0.15, 0.2) is 23.2 Å². The molecule has 0 atom stereocenters. The van der Waals surface area contributed by atoms with Gasteiger partial charge in [0.2, 0.25) is 5.13 Å². The summed E-state index contributed by atoms with van der Waals surface area (Å²) in [6.45, 7) is 3.67. The van der Waals surface area contributed by atoms with Crippen molar-refractivity contribution in [3.05, 3.63) is 18.2 Å². The Morgan fingerprint density at radius 3 is 2.50 bits per heavy atom. The van der Waals surface area contributed by atoms with E-state index in [1.165, 1.54) is 17.6 Å². The Balaban J connectivity index is 2.24. The lowest BCUT2D eigenvalue weighted by Gasteiger charge is -2.09. The molecule has 0 saturated carbocycles. The van der Waals surface area contributed by atoms with Crippen LogP contribution in [0.4, 0.5) is 5.13 Å². The molecular formula is C16H18N2O5S. The monoisotopic (exact) mass is 350 g/mol. The smallest absolute Gasteiger partial charge is 0.325 e. The highest BCUT2D eigenvalue weighted by Gasteiger charge is 2.27. The van der Waals surface area contributed by atoms with Gasteiger partial charge in [-0.25, -0.2) is 9.98 Å². The molecule has 1 aromatic carbocycles. The maximum absolute atomic E-state index is 11.9. The van der Waals surface area contributed by atoms with Gasteiger partial charge in [0.25, 0.3) is 0 Å². The van der Waals surface area contributed by atoms with E-state index in [0.717, 1.165) is 16.0 Å². The molecule has 0 N–H and O–H groups in total. The normalized spacial score (nSPS) is 11.2. The van der Waals surface area contributed by atoms with Crippen LogP contribution in [-0.4, -0.2) is 43.5 Å². The van der Waals surface area contributed by atoms with Crippen molar-refractivity contribution in [1.29, 1.82) is 0 Å². The van der Waals surface area contributed by atoms with Gasteiger partial charge < -0.3 is 14.2 Å². The SMILES string of the molecule is CCOC(=O)C(C=Nc1nc2ccc(OC)cc2s1)C(=O)OCC. The highest BCUT2D eigenvalue weighted by atomic mass is 32.1. The third kappa shape index (κ3) is 4.29. The molecule has 0 saturated heterocycles. The van der Waals surface area contributed by atoms with Crippen LogP contribution in [0.2, 0.25) is 0 Å². The zero-order valence-corrected chi connectivity index (χ0v) is 14.5. The molecule has 0 spiro atoms. The largest absolute Gasteiger partial charge is 0.497 e. The lowest BCUT2D eigenvalue weighted by molar-refractivity contribution is -0.157. The molecular weight excluding hydrogens is 332 g/mol. The first-order valence-electron chi connectivity index (χ1n) is 7.41. The molecule has 128 valence electrons. The Morgan fingerprint density at radius 1 is 1.25 bits per heavy atom. The van der Waals surface area contributed by atoms with E-state index in [1.807, 2.05) is 12.1 Å². The topological polar surface area (TPSA) is 87.1 Å². The van der Waals surface area contributed by atoms with Crippen LogP contribution < -0.4 is 4.74 Å². The second-order valence-electron chi connectivity index (χ2n) is 4.59. The number of ether oxygens (including phenoxy) is 3. The molecule has 1 aromatic heterocycles. The molecule has 2 rings (SSSR count). The molecule has 7 nitrogen and oxygen atoms in total. The van der Waals surface area contributed by atoms with E-state index < -0.39 is 17.9 Å². The molecule has 0 radical (unpaired) electrons. The summed E-state index contributed by atoms with van der Waals surface area (Å²) in [5.74, 6) is -1.87. The van der Waals surface area contributed by atoms with E-state index in [4.69, 9.17) is 14.2 Å². The third-order valence-electron chi connectivity index (χ3n) is 3.00. The fourth-order valence-electron chi connectivity index (χ4n) is 1.90. The van der Waals surface area contributed by atoms with Crippen molar-refractivity contribution in [2.45, 2.75) is 13.8 Å². The number of thiazole rings is 1. The summed E-state index contributed by atoms with van der Waals surface area (Å²) < 4.78 is 15.8. The minimum absolute atomic E-state index is 0.170. The fourth-order valence-corrected chi connectivity index (χ4v) is 2.74. The zero-order chi connectivity index (χ0) is 17.5. The highest BCUT2D eigenvalue weighted by molar-refractivity contribution is 7.22. The Hall–Kier alpha value is -2.48. The number of carbonyl (C=O) groups excluding carboxylic acids is 2. The maximum Gasteiger partial charge on any atom is 0.325 e. The lowest BCUT2D eigenvalue weighted by atomic mass is 10.2. The summed E-state index contributed by atoms with van der Waals surface area (Å²) in [6, 6.07) is 5.47. The number of benzene rings is 1. The first-order chi connectivity index (χ1) is 11.6. The van der Waals surface area contributed by atoms with Crippen LogP contribution in [0, 0.1) is 5.92 Å². The molecule has 8 heteroatoms. The second-order valence-corrected chi connectivity index (χ2v) is 5.60. The van der Waals surface area contributed by atoms with Gasteiger partial charge in [-0.05, 0) is 32.0 Å². The van der Waals surface area contributed by atoms with Gasteiger partial charge in [-0.15, -0.1) is 0 Å². The van der Waals surface area contributed by atoms with Crippen molar-refractivity contribution in [2.75, 3.05) is 20.3 Å². The van der Waals surface area contributed by atoms with E-state index in [9.17, 15) is 9.59 Å². The summed E-state index contributed by atoms with van der Waals surface area (Å²) in [4.78, 5) is 32.3. The maximum atomic E-state index is 11.9. The Morgan fingerprint density at radius 2 is 1.92 bits per heavy atom. The molecule has 0 unspecified atom stereocenters. The number of aliphatic imine (C=N–C) groups is 1. The number of hydrogen-bond donors (Lipinski definition) is 0. The molecule has 2 aromatic rings. The van der Waals surface area contributed by atoms with Gasteiger partial charge in [-0.3, -0.25) is 9.59 Å². The summed E-state index contributed by atoms with van der Waals surface area (Å²) in [7, 11) is 1.59. The lowest BCUT2D eigenvalue weighted by Crippen LogP contribution is -2.29. The van der Waals surface area contributed by atoms with Crippen molar-refractivity contribution in [2.24, 2.45) is 10.9 Å². The van der Waals surface area contributed by atoms with E-state index in [1.54, 1.807) is 27.0 Å². The second kappa shape index (κ2) is 8.39. The van der Waals surface area contributed by atoms with Crippen molar-refractivity contribution in [1.82, 2.24) is 4.98 Å². The van der Waals surface area contributed by atoms with Crippen LogP contribution in [-0.2, 0) is 19.1 Å². The fraction of sp³-hybridized carbons (Fsp3) is 0.375. The predicted octanol–water partition coefficient (Wildman–Crippen LogP) is 2.75. The third-order valence-corrected chi connectivity index (χ3v) is 3.93. The average molecular weight is 350 g/mol. The minimum Gasteiger partial charge on any atom is -0.497 e. The van der Waals surface area contributed by atoms with Gasteiger partial charge in [0.1, 0.15) is 5.75 Å². The summed E-state index contributed by atoms with van der Waals surface area (Å²) >= 11 is 1.33. The van der Waals surface area contributed by atoms with Gasteiger partial charge in [-0.2, -0.15) is 0 Å². The van der Waals surface area contributed by atoms with E-state index in [-0.39, 0.29) is 13.2 Å². The minimum atomic E-state index is -1.20. The van der Waals surface area contributed by atoms with Crippen LogP contribution >= 0.6 is 11.3 Å². The first-order valence-corrected chi connectivity index (χ1v) is 8.22. The van der Waals surface area contributed by atoms with Crippen LogP contribution in [0.5, 0.6) is 5.75 Å². The molecule has 1 heterocycles. The molecule has 0 bridgehead atoms. The van der Waals surface area contributed by atoms with Crippen LogP contribution in [0.25, 0.3) is 10.2 Å². The van der Waals surface area contributed by atoms with Crippen molar-refractivity contribution in [3.8, 4) is 5.75 Å². The summed E-state index contributed by atoms with van der Waals surface area (Å²) in [5, 5.41) is 0.428. The van der Waals surface area contributed by atoms with E-state index in [0.29, 0.717) is 5.13 Å². The zero-order valence-electron chi connectivity index (χ0n) is 13.6. The number of fused-ring (bicyclic) bond motifs is 1. The summed E-state index contributed by atoms with van der Waals surface area (Å²) in [5.41, 5.74) is 0.761. The number of methoxy groups -OCH3 is 1. The van der Waals surface area contributed by atoms with E-state index in [2.05, 4.69) is 9.98 Å². The van der Waals surface area contributed by atoms with Gasteiger partial charge in [0.05, 0.1) is 30.5 Å². The van der Waals surface area contributed by atoms with Crippen molar-refractivity contribution >= 4 is 44.8 Å². The van der Waals surface area contributed by atoms with Gasteiger partial charge in [0, 0.05) is 6.21 Å². The number of carbonyl (C=O) groups is 2. The Labute approximate surface area is 143 Å². The summed E-state index contributed by atoms with van der Waals surface area (Å²) in [6.07, 6.45) is 1.21. The number of rotatable bonds is 7. The predicted molar refractivity (Wildman–Crippen MR) is 91.1 cm³/mol. The molecule has 0 aliphatic carbocycles. The highest BCUT2D eigenvalue weighted by Crippen LogP contribution is 2.30.